The number of nitrogens with one attached hydrogen (secondary N) is 2. The van der Waals surface area contributed by atoms with Gasteiger partial charge in [-0.1, -0.05) is 33.6 Å². The molecule has 1 saturated carbocycles. The third kappa shape index (κ3) is 4.29. The lowest BCUT2D eigenvalue weighted by Gasteiger charge is -2.34. The van der Waals surface area contributed by atoms with Crippen molar-refractivity contribution in [2.24, 2.45) is 17.6 Å². The molecule has 0 aliphatic heterocycles. The SMILES string of the molecule is CC(C)[C@H](N[C@H]1CCCC[C@H]1C)C(=O)NC(N)=O. The number of rotatable bonds is 4. The summed E-state index contributed by atoms with van der Waals surface area (Å²) in [4.78, 5) is 22.7. The van der Waals surface area contributed by atoms with E-state index < -0.39 is 6.03 Å². The number of hydrogen-bond donors (Lipinski definition) is 3. The van der Waals surface area contributed by atoms with E-state index in [2.05, 4.69) is 17.6 Å². The van der Waals surface area contributed by atoms with E-state index in [1.165, 1.54) is 19.3 Å². The van der Waals surface area contributed by atoms with Gasteiger partial charge in [-0.05, 0) is 24.7 Å². The number of urea groups is 1. The van der Waals surface area contributed by atoms with Gasteiger partial charge < -0.3 is 11.1 Å². The average molecular weight is 255 g/mol. The van der Waals surface area contributed by atoms with E-state index in [1.807, 2.05) is 13.8 Å². The standard InChI is InChI=1S/C13H25N3O2/c1-8(2)11(12(17)16-13(14)18)15-10-7-5-4-6-9(10)3/h8-11,15H,4-7H2,1-3H3,(H3,14,16,17,18)/t9-,10+,11+/m1/s1. The molecule has 0 spiro atoms. The molecule has 1 aliphatic carbocycles. The first-order chi connectivity index (χ1) is 8.41. The highest BCUT2D eigenvalue weighted by Gasteiger charge is 2.29. The predicted octanol–water partition coefficient (Wildman–Crippen LogP) is 1.37. The molecule has 18 heavy (non-hydrogen) atoms. The molecule has 0 unspecified atom stereocenters. The van der Waals surface area contributed by atoms with E-state index in [9.17, 15) is 9.59 Å². The maximum atomic E-state index is 11.9. The molecule has 0 bridgehead atoms. The van der Waals surface area contributed by atoms with E-state index in [0.29, 0.717) is 12.0 Å². The molecule has 0 heterocycles. The first kappa shape index (κ1) is 15.0. The molecule has 1 aliphatic rings. The van der Waals surface area contributed by atoms with Gasteiger partial charge in [0.2, 0.25) is 5.91 Å². The summed E-state index contributed by atoms with van der Waals surface area (Å²) in [5.41, 5.74) is 4.99. The lowest BCUT2D eigenvalue weighted by molar-refractivity contribution is -0.123. The Balaban J connectivity index is 2.61. The normalized spacial score (nSPS) is 25.8. The van der Waals surface area contributed by atoms with Crippen LogP contribution in [0.25, 0.3) is 0 Å². The van der Waals surface area contributed by atoms with Crippen molar-refractivity contribution < 1.29 is 9.59 Å². The molecule has 0 aromatic rings. The van der Waals surface area contributed by atoms with Gasteiger partial charge in [0, 0.05) is 6.04 Å². The average Bonchev–Trinajstić information content (AvgIpc) is 2.26. The monoisotopic (exact) mass is 255 g/mol. The molecule has 1 rings (SSSR count). The maximum Gasteiger partial charge on any atom is 0.318 e. The number of primary amides is 1. The summed E-state index contributed by atoms with van der Waals surface area (Å²) in [7, 11) is 0. The largest absolute Gasteiger partial charge is 0.351 e. The third-order valence-electron chi connectivity index (χ3n) is 3.70. The molecule has 104 valence electrons. The van der Waals surface area contributed by atoms with Crippen LogP contribution < -0.4 is 16.4 Å². The Kier molecular flexibility index (Phi) is 5.59. The zero-order chi connectivity index (χ0) is 13.7. The molecule has 0 aromatic carbocycles. The molecular weight excluding hydrogens is 230 g/mol. The molecule has 1 fully saturated rings. The highest BCUT2D eigenvalue weighted by molar-refractivity contribution is 5.96. The topological polar surface area (TPSA) is 84.2 Å². The van der Waals surface area contributed by atoms with Crippen molar-refractivity contribution in [3.8, 4) is 0 Å². The van der Waals surface area contributed by atoms with Crippen LogP contribution in [0.4, 0.5) is 4.79 Å². The van der Waals surface area contributed by atoms with E-state index >= 15 is 0 Å². The summed E-state index contributed by atoms with van der Waals surface area (Å²) < 4.78 is 0. The Bertz CT molecular complexity index is 305. The van der Waals surface area contributed by atoms with Crippen LogP contribution in [0.3, 0.4) is 0 Å². The van der Waals surface area contributed by atoms with Crippen molar-refractivity contribution in [2.45, 2.75) is 58.5 Å². The van der Waals surface area contributed by atoms with Crippen molar-refractivity contribution in [3.05, 3.63) is 0 Å². The fourth-order valence-electron chi connectivity index (χ4n) is 2.56. The second-order valence-electron chi connectivity index (χ2n) is 5.61. The van der Waals surface area contributed by atoms with Gasteiger partial charge in [0.05, 0.1) is 6.04 Å². The predicted molar refractivity (Wildman–Crippen MR) is 70.9 cm³/mol. The van der Waals surface area contributed by atoms with Crippen molar-refractivity contribution in [1.82, 2.24) is 10.6 Å². The molecule has 3 amide bonds. The van der Waals surface area contributed by atoms with Crippen molar-refractivity contribution in [3.63, 3.8) is 0 Å². The number of amides is 3. The van der Waals surface area contributed by atoms with Gasteiger partial charge >= 0.3 is 6.03 Å². The van der Waals surface area contributed by atoms with Crippen LogP contribution in [0, 0.1) is 11.8 Å². The van der Waals surface area contributed by atoms with Crippen molar-refractivity contribution in [2.75, 3.05) is 0 Å². The highest BCUT2D eigenvalue weighted by Crippen LogP contribution is 2.24. The van der Waals surface area contributed by atoms with Gasteiger partial charge in [0.25, 0.3) is 0 Å². The second kappa shape index (κ2) is 6.73. The lowest BCUT2D eigenvalue weighted by Crippen LogP contribution is -2.55. The smallest absolute Gasteiger partial charge is 0.318 e. The van der Waals surface area contributed by atoms with Crippen LogP contribution in [0.1, 0.15) is 46.5 Å². The molecule has 3 atom stereocenters. The van der Waals surface area contributed by atoms with Crippen LogP contribution in [0.5, 0.6) is 0 Å². The van der Waals surface area contributed by atoms with Crippen LogP contribution in [0.2, 0.25) is 0 Å². The summed E-state index contributed by atoms with van der Waals surface area (Å²) in [6, 6.07) is -0.794. The summed E-state index contributed by atoms with van der Waals surface area (Å²) in [6.07, 6.45) is 4.75. The molecule has 5 nitrogen and oxygen atoms in total. The number of hydrogen-bond acceptors (Lipinski definition) is 3. The molecular formula is C13H25N3O2. The number of nitrogens with two attached hydrogens (primary N) is 1. The van der Waals surface area contributed by atoms with Gasteiger partial charge in [0.15, 0.2) is 0 Å². The van der Waals surface area contributed by atoms with E-state index in [1.54, 1.807) is 0 Å². The number of imide groups is 1. The number of carbonyl (C=O) groups excluding carboxylic acids is 2. The summed E-state index contributed by atoms with van der Waals surface area (Å²) >= 11 is 0. The van der Waals surface area contributed by atoms with E-state index in [-0.39, 0.29) is 17.9 Å². The molecule has 0 radical (unpaired) electrons. The summed E-state index contributed by atoms with van der Waals surface area (Å²) in [5, 5.41) is 5.56. The minimum atomic E-state index is -0.788. The van der Waals surface area contributed by atoms with Crippen molar-refractivity contribution >= 4 is 11.9 Å². The van der Waals surface area contributed by atoms with Crippen LogP contribution in [-0.4, -0.2) is 24.0 Å². The van der Waals surface area contributed by atoms with Crippen LogP contribution in [0.15, 0.2) is 0 Å². The third-order valence-corrected chi connectivity index (χ3v) is 3.70. The van der Waals surface area contributed by atoms with Gasteiger partial charge in [-0.3, -0.25) is 10.1 Å². The van der Waals surface area contributed by atoms with Gasteiger partial charge in [-0.2, -0.15) is 0 Å². The second-order valence-corrected chi connectivity index (χ2v) is 5.61. The number of carbonyl (C=O) groups is 2. The Hall–Kier alpha value is -1.10. The summed E-state index contributed by atoms with van der Waals surface area (Å²) in [5.74, 6) is 0.370. The quantitative estimate of drug-likeness (QED) is 0.709. The van der Waals surface area contributed by atoms with Gasteiger partial charge in [0.1, 0.15) is 0 Å². The Morgan fingerprint density at radius 1 is 1.22 bits per heavy atom. The van der Waals surface area contributed by atoms with Crippen LogP contribution >= 0.6 is 0 Å². The zero-order valence-corrected chi connectivity index (χ0v) is 11.5. The van der Waals surface area contributed by atoms with Gasteiger partial charge in [-0.25, -0.2) is 4.79 Å². The first-order valence-electron chi connectivity index (χ1n) is 6.78. The van der Waals surface area contributed by atoms with Crippen molar-refractivity contribution in [1.29, 1.82) is 0 Å². The maximum absolute atomic E-state index is 11.9. The Labute approximate surface area is 109 Å². The van der Waals surface area contributed by atoms with E-state index in [4.69, 9.17) is 5.73 Å². The first-order valence-corrected chi connectivity index (χ1v) is 6.78. The van der Waals surface area contributed by atoms with Crippen LogP contribution in [-0.2, 0) is 4.79 Å². The molecule has 4 N–H and O–H groups in total. The van der Waals surface area contributed by atoms with Gasteiger partial charge in [-0.15, -0.1) is 0 Å². The molecule has 0 aromatic heterocycles. The Morgan fingerprint density at radius 3 is 2.33 bits per heavy atom. The lowest BCUT2D eigenvalue weighted by atomic mass is 9.85. The fraction of sp³-hybridized carbons (Fsp3) is 0.846. The fourth-order valence-corrected chi connectivity index (χ4v) is 2.56. The highest BCUT2D eigenvalue weighted by atomic mass is 16.2. The zero-order valence-electron chi connectivity index (χ0n) is 11.5. The molecule has 5 heteroatoms. The Morgan fingerprint density at radius 2 is 1.83 bits per heavy atom. The minimum Gasteiger partial charge on any atom is -0.351 e. The molecule has 0 saturated heterocycles. The summed E-state index contributed by atoms with van der Waals surface area (Å²) in [6.45, 7) is 6.14. The minimum absolute atomic E-state index is 0.124. The van der Waals surface area contributed by atoms with E-state index in [0.717, 1.165) is 6.42 Å².